The number of alkyl halides is 3. The SMILES string of the molecule is CN(CC(F)(F)F)S(=O)(=O)c1cccc(F)c1CN. The molecular formula is C10H12F4N2O2S. The molecule has 9 heteroatoms. The maximum atomic E-state index is 13.4. The Morgan fingerprint density at radius 3 is 2.37 bits per heavy atom. The van der Waals surface area contributed by atoms with Gasteiger partial charge in [0.2, 0.25) is 10.0 Å². The van der Waals surface area contributed by atoms with E-state index in [2.05, 4.69) is 0 Å². The third kappa shape index (κ3) is 3.64. The maximum Gasteiger partial charge on any atom is 0.402 e. The Bertz CT molecular complexity index is 557. The van der Waals surface area contributed by atoms with Gasteiger partial charge in [0.1, 0.15) is 12.4 Å². The molecule has 0 saturated heterocycles. The Morgan fingerprint density at radius 1 is 1.32 bits per heavy atom. The molecule has 1 rings (SSSR count). The zero-order valence-corrected chi connectivity index (χ0v) is 10.7. The number of benzene rings is 1. The maximum absolute atomic E-state index is 13.4. The molecule has 0 fully saturated rings. The molecule has 0 spiro atoms. The van der Waals surface area contributed by atoms with E-state index in [1.807, 2.05) is 0 Å². The molecule has 0 aliphatic rings. The fourth-order valence-electron chi connectivity index (χ4n) is 1.48. The lowest BCUT2D eigenvalue weighted by atomic mass is 10.2. The Labute approximate surface area is 107 Å². The van der Waals surface area contributed by atoms with Gasteiger partial charge in [-0.25, -0.2) is 12.8 Å². The molecule has 1 aromatic carbocycles. The second-order valence-corrected chi connectivity index (χ2v) is 5.81. The molecule has 0 aliphatic carbocycles. The van der Waals surface area contributed by atoms with Crippen molar-refractivity contribution < 1.29 is 26.0 Å². The van der Waals surface area contributed by atoms with E-state index in [9.17, 15) is 26.0 Å². The van der Waals surface area contributed by atoms with E-state index in [-0.39, 0.29) is 9.87 Å². The van der Waals surface area contributed by atoms with Crippen LogP contribution in [0.25, 0.3) is 0 Å². The highest BCUT2D eigenvalue weighted by Crippen LogP contribution is 2.24. The summed E-state index contributed by atoms with van der Waals surface area (Å²) in [7, 11) is -3.67. The number of halogens is 4. The first kappa shape index (κ1) is 15.9. The highest BCUT2D eigenvalue weighted by atomic mass is 32.2. The third-order valence-electron chi connectivity index (χ3n) is 2.37. The largest absolute Gasteiger partial charge is 0.402 e. The van der Waals surface area contributed by atoms with Gasteiger partial charge < -0.3 is 5.73 Å². The molecule has 1 aromatic rings. The zero-order valence-electron chi connectivity index (χ0n) is 9.91. The Hall–Kier alpha value is -1.19. The third-order valence-corrected chi connectivity index (χ3v) is 4.26. The minimum Gasteiger partial charge on any atom is -0.326 e. The first-order valence-electron chi connectivity index (χ1n) is 5.10. The molecule has 0 aliphatic heterocycles. The van der Waals surface area contributed by atoms with Gasteiger partial charge in [0.05, 0.1) is 4.90 Å². The average Bonchev–Trinajstić information content (AvgIpc) is 2.26. The summed E-state index contributed by atoms with van der Waals surface area (Å²) in [4.78, 5) is -0.554. The molecule has 2 N–H and O–H groups in total. The van der Waals surface area contributed by atoms with Crippen LogP contribution in [0.15, 0.2) is 23.1 Å². The second kappa shape index (κ2) is 5.43. The van der Waals surface area contributed by atoms with E-state index in [0.29, 0.717) is 0 Å². The first-order chi connectivity index (χ1) is 8.59. The van der Waals surface area contributed by atoms with Crippen LogP contribution in [0, 0.1) is 5.82 Å². The van der Waals surface area contributed by atoms with Gasteiger partial charge in [-0.05, 0) is 12.1 Å². The van der Waals surface area contributed by atoms with Gasteiger partial charge in [-0.2, -0.15) is 17.5 Å². The summed E-state index contributed by atoms with van der Waals surface area (Å²) < 4.78 is 74.0. The minimum atomic E-state index is -4.68. The van der Waals surface area contributed by atoms with Crippen LogP contribution < -0.4 is 5.73 Å². The van der Waals surface area contributed by atoms with Crippen molar-refractivity contribution in [1.29, 1.82) is 0 Å². The van der Waals surface area contributed by atoms with Crippen molar-refractivity contribution in [3.63, 3.8) is 0 Å². The Balaban J connectivity index is 3.25. The summed E-state index contributed by atoms with van der Waals surface area (Å²) >= 11 is 0. The van der Waals surface area contributed by atoms with Crippen molar-refractivity contribution in [1.82, 2.24) is 4.31 Å². The molecule has 0 radical (unpaired) electrons. The summed E-state index contributed by atoms with van der Waals surface area (Å²) in [5, 5.41) is 0. The molecule has 0 bridgehead atoms. The van der Waals surface area contributed by atoms with Crippen LogP contribution in [0.4, 0.5) is 17.6 Å². The number of nitrogens with zero attached hydrogens (tertiary/aromatic N) is 1. The molecule has 0 heterocycles. The Morgan fingerprint density at radius 2 is 1.89 bits per heavy atom. The van der Waals surface area contributed by atoms with Crippen molar-refractivity contribution in [3.05, 3.63) is 29.6 Å². The average molecular weight is 300 g/mol. The van der Waals surface area contributed by atoms with Crippen LogP contribution in [0.3, 0.4) is 0 Å². The molecule has 19 heavy (non-hydrogen) atoms. The van der Waals surface area contributed by atoms with Gasteiger partial charge >= 0.3 is 6.18 Å². The van der Waals surface area contributed by atoms with Crippen molar-refractivity contribution in [3.8, 4) is 0 Å². The topological polar surface area (TPSA) is 63.4 Å². The molecule has 4 nitrogen and oxygen atoms in total. The summed E-state index contributed by atoms with van der Waals surface area (Å²) in [5.41, 5.74) is 4.89. The highest BCUT2D eigenvalue weighted by Gasteiger charge is 2.35. The van der Waals surface area contributed by atoms with E-state index in [0.717, 1.165) is 25.2 Å². The summed E-state index contributed by atoms with van der Waals surface area (Å²) in [6, 6.07) is 3.11. The van der Waals surface area contributed by atoms with E-state index in [4.69, 9.17) is 5.73 Å². The molecule has 0 unspecified atom stereocenters. The fraction of sp³-hybridized carbons (Fsp3) is 0.400. The monoisotopic (exact) mass is 300 g/mol. The predicted octanol–water partition coefficient (Wildman–Crippen LogP) is 1.47. The molecule has 0 saturated carbocycles. The van der Waals surface area contributed by atoms with Gasteiger partial charge in [-0.1, -0.05) is 6.07 Å². The lowest BCUT2D eigenvalue weighted by Gasteiger charge is -2.20. The normalized spacial score (nSPS) is 13.0. The van der Waals surface area contributed by atoms with E-state index >= 15 is 0 Å². The van der Waals surface area contributed by atoms with E-state index in [1.165, 1.54) is 0 Å². The quantitative estimate of drug-likeness (QED) is 0.856. The van der Waals surface area contributed by atoms with E-state index in [1.54, 1.807) is 0 Å². The smallest absolute Gasteiger partial charge is 0.326 e. The van der Waals surface area contributed by atoms with Gasteiger partial charge in [-0.3, -0.25) is 0 Å². The van der Waals surface area contributed by atoms with Crippen molar-refractivity contribution in [2.24, 2.45) is 5.73 Å². The van der Waals surface area contributed by atoms with Gasteiger partial charge in [0.15, 0.2) is 0 Å². The lowest BCUT2D eigenvalue weighted by molar-refractivity contribution is -0.134. The molecule has 108 valence electrons. The van der Waals surface area contributed by atoms with Crippen LogP contribution in [0.2, 0.25) is 0 Å². The summed E-state index contributed by atoms with van der Waals surface area (Å²) in [6.07, 6.45) is -4.68. The molecule has 0 amide bonds. The van der Waals surface area contributed by atoms with Crippen LogP contribution >= 0.6 is 0 Å². The van der Waals surface area contributed by atoms with Crippen molar-refractivity contribution >= 4 is 10.0 Å². The summed E-state index contributed by atoms with van der Waals surface area (Å²) in [6.45, 7) is -2.09. The van der Waals surface area contributed by atoms with Crippen LogP contribution in [0.1, 0.15) is 5.56 Å². The Kier molecular flexibility index (Phi) is 4.54. The zero-order chi connectivity index (χ0) is 14.8. The fourth-order valence-corrected chi connectivity index (χ4v) is 2.88. The number of nitrogens with two attached hydrogens (primary N) is 1. The van der Waals surface area contributed by atoms with Crippen LogP contribution in [-0.4, -0.2) is 32.5 Å². The van der Waals surface area contributed by atoms with Crippen molar-refractivity contribution in [2.75, 3.05) is 13.6 Å². The summed E-state index contributed by atoms with van der Waals surface area (Å²) in [5.74, 6) is -0.871. The number of rotatable bonds is 4. The standard InChI is InChI=1S/C10H12F4N2O2S/c1-16(6-10(12,13)14)19(17,18)9-4-2-3-8(11)7(9)5-15/h2-4H,5-6,15H2,1H3. The van der Waals surface area contributed by atoms with Gasteiger partial charge in [0, 0.05) is 19.2 Å². The van der Waals surface area contributed by atoms with Crippen LogP contribution in [-0.2, 0) is 16.6 Å². The second-order valence-electron chi connectivity index (χ2n) is 3.80. The predicted molar refractivity (Wildman–Crippen MR) is 60.2 cm³/mol. The molecule has 0 aromatic heterocycles. The van der Waals surface area contributed by atoms with E-state index < -0.39 is 40.0 Å². The minimum absolute atomic E-state index is 0.112. The highest BCUT2D eigenvalue weighted by molar-refractivity contribution is 7.89. The number of sulfonamides is 1. The van der Waals surface area contributed by atoms with Gasteiger partial charge in [-0.15, -0.1) is 0 Å². The number of hydrogen-bond acceptors (Lipinski definition) is 3. The molecular weight excluding hydrogens is 288 g/mol. The lowest BCUT2D eigenvalue weighted by Crippen LogP contribution is -2.36. The van der Waals surface area contributed by atoms with Gasteiger partial charge in [0.25, 0.3) is 0 Å². The molecule has 0 atom stereocenters. The number of hydrogen-bond donors (Lipinski definition) is 1. The first-order valence-corrected chi connectivity index (χ1v) is 6.54. The van der Waals surface area contributed by atoms with Crippen LogP contribution in [0.5, 0.6) is 0 Å². The van der Waals surface area contributed by atoms with Crippen molar-refractivity contribution in [2.45, 2.75) is 17.6 Å².